The lowest BCUT2D eigenvalue weighted by atomic mass is 9.91. The van der Waals surface area contributed by atoms with Crippen molar-refractivity contribution in [1.29, 1.82) is 0 Å². The van der Waals surface area contributed by atoms with Gasteiger partial charge in [-0.3, -0.25) is 4.98 Å². The van der Waals surface area contributed by atoms with Gasteiger partial charge in [0.05, 0.1) is 17.9 Å². The van der Waals surface area contributed by atoms with E-state index in [1.807, 2.05) is 30.3 Å². The number of guanidine groups is 1. The van der Waals surface area contributed by atoms with Gasteiger partial charge in [-0.15, -0.1) is 0 Å². The number of halogens is 2. The number of hydrogen-bond acceptors (Lipinski definition) is 4. The molecule has 0 unspecified atom stereocenters. The average molecular weight is 479 g/mol. The summed E-state index contributed by atoms with van der Waals surface area (Å²) in [4.78, 5) is 8.57. The number of rotatable bonds is 4. The highest BCUT2D eigenvalue weighted by Crippen LogP contribution is 2.38. The Morgan fingerprint density at radius 1 is 0.971 bits per heavy atom. The molecule has 6 nitrogen and oxygen atoms in total. The molecule has 0 radical (unpaired) electrons. The third kappa shape index (κ3) is 3.99. The Bertz CT molecular complexity index is 1550. The second-order valence-corrected chi connectivity index (χ2v) is 9.65. The van der Waals surface area contributed by atoms with Gasteiger partial charge >= 0.3 is 0 Å². The molecule has 2 heterocycles. The minimum atomic E-state index is -4.02. The van der Waals surface area contributed by atoms with E-state index < -0.39 is 27.6 Å². The molecule has 1 atom stereocenters. The van der Waals surface area contributed by atoms with Gasteiger partial charge in [0.25, 0.3) is 10.0 Å². The van der Waals surface area contributed by atoms with E-state index in [9.17, 15) is 17.2 Å². The number of nitrogens with zero attached hydrogens (tertiary/aromatic N) is 2. The zero-order chi connectivity index (χ0) is 23.9. The van der Waals surface area contributed by atoms with Crippen LogP contribution in [0.5, 0.6) is 0 Å². The molecule has 0 fully saturated rings. The van der Waals surface area contributed by atoms with Crippen LogP contribution in [0.25, 0.3) is 10.8 Å². The highest BCUT2D eigenvalue weighted by Gasteiger charge is 2.32. The van der Waals surface area contributed by atoms with E-state index in [2.05, 4.69) is 20.0 Å². The Labute approximate surface area is 195 Å². The van der Waals surface area contributed by atoms with Gasteiger partial charge in [0.2, 0.25) is 5.96 Å². The molecule has 5 rings (SSSR count). The maximum Gasteiger partial charge on any atom is 0.266 e. The van der Waals surface area contributed by atoms with Crippen LogP contribution in [-0.2, 0) is 16.6 Å². The summed E-state index contributed by atoms with van der Waals surface area (Å²) in [7, 11) is -4.02. The Morgan fingerprint density at radius 3 is 2.50 bits per heavy atom. The fraction of sp³-hybridized carbons (Fsp3) is 0.120. The van der Waals surface area contributed by atoms with Gasteiger partial charge in [0.1, 0.15) is 16.5 Å². The van der Waals surface area contributed by atoms with Crippen LogP contribution in [0, 0.1) is 11.6 Å². The Balaban J connectivity index is 1.53. The largest absolute Gasteiger partial charge is 0.324 e. The summed E-state index contributed by atoms with van der Waals surface area (Å²) in [6.45, 7) is 1.72. The lowest BCUT2D eigenvalue weighted by Crippen LogP contribution is -2.41. The summed E-state index contributed by atoms with van der Waals surface area (Å²) in [5.41, 5.74) is 0.979. The van der Waals surface area contributed by atoms with E-state index in [1.165, 1.54) is 12.1 Å². The predicted molar refractivity (Wildman–Crippen MR) is 127 cm³/mol. The predicted octanol–water partition coefficient (Wildman–Crippen LogP) is 4.92. The highest BCUT2D eigenvalue weighted by atomic mass is 32.2. The highest BCUT2D eigenvalue weighted by molar-refractivity contribution is 7.90. The van der Waals surface area contributed by atoms with Crippen LogP contribution in [0.1, 0.15) is 29.7 Å². The number of hydrogen-bond donors (Lipinski definition) is 2. The molecule has 4 aromatic rings. The maximum absolute atomic E-state index is 15.0. The molecule has 172 valence electrons. The van der Waals surface area contributed by atoms with Crippen molar-refractivity contribution in [2.75, 3.05) is 5.32 Å². The Morgan fingerprint density at radius 2 is 1.71 bits per heavy atom. The van der Waals surface area contributed by atoms with Crippen LogP contribution in [0.15, 0.2) is 82.8 Å². The van der Waals surface area contributed by atoms with E-state index in [-0.39, 0.29) is 34.2 Å². The first-order valence-electron chi connectivity index (χ1n) is 10.6. The van der Waals surface area contributed by atoms with Crippen LogP contribution in [0.2, 0.25) is 0 Å². The number of fused-ring (bicyclic) bond motifs is 2. The van der Waals surface area contributed by atoms with Gasteiger partial charge in [-0.1, -0.05) is 49.4 Å². The number of nitrogens with one attached hydrogen (secondary N) is 2. The number of sulfonamides is 1. The number of pyridine rings is 1. The van der Waals surface area contributed by atoms with Crippen molar-refractivity contribution in [3.05, 3.63) is 101 Å². The summed E-state index contributed by atoms with van der Waals surface area (Å²) >= 11 is 0. The van der Waals surface area contributed by atoms with Crippen LogP contribution in [0.3, 0.4) is 0 Å². The van der Waals surface area contributed by atoms with Crippen LogP contribution < -0.4 is 10.0 Å². The van der Waals surface area contributed by atoms with E-state index >= 15 is 0 Å². The molecule has 0 amide bonds. The lowest BCUT2D eigenvalue weighted by molar-refractivity contribution is 0.577. The van der Waals surface area contributed by atoms with E-state index in [0.717, 1.165) is 16.8 Å². The molecule has 0 saturated heterocycles. The van der Waals surface area contributed by atoms with Gasteiger partial charge in [0, 0.05) is 23.1 Å². The molecule has 0 bridgehead atoms. The number of anilines is 1. The molecule has 0 saturated carbocycles. The molecular weight excluding hydrogens is 458 g/mol. The van der Waals surface area contributed by atoms with Gasteiger partial charge in [-0.05, 0) is 35.2 Å². The summed E-state index contributed by atoms with van der Waals surface area (Å²) in [5.74, 6) is -1.95. The SMILES string of the molecule is C[C@@H](c1ccccc1F)c1c(F)ccc2c1NC(=NCc1cc3ccccc3cn1)NS2(=O)=O. The van der Waals surface area contributed by atoms with Gasteiger partial charge < -0.3 is 5.32 Å². The zero-order valence-electron chi connectivity index (χ0n) is 18.1. The molecule has 1 aromatic heterocycles. The van der Waals surface area contributed by atoms with E-state index in [1.54, 1.807) is 31.3 Å². The van der Waals surface area contributed by atoms with Gasteiger partial charge in [-0.25, -0.2) is 26.9 Å². The zero-order valence-corrected chi connectivity index (χ0v) is 18.9. The molecule has 3 aromatic carbocycles. The van der Waals surface area contributed by atoms with Crippen LogP contribution >= 0.6 is 0 Å². The standard InChI is InChI=1S/C25H20F2N4O2S/c1-15(19-8-4-5-9-20(19)26)23-21(27)10-11-22-24(23)30-25(31-34(22,32)33)29-14-18-12-16-6-2-3-7-17(16)13-28-18/h2-13,15H,14H2,1H3,(H2,29,30,31)/t15-/m0/s1. The van der Waals surface area contributed by atoms with Crippen molar-refractivity contribution in [2.45, 2.75) is 24.3 Å². The number of aliphatic imine (C=N–C) groups is 1. The summed E-state index contributed by atoms with van der Waals surface area (Å²) in [6, 6.07) is 17.9. The first-order valence-corrected chi connectivity index (χ1v) is 12.1. The Kier molecular flexibility index (Phi) is 5.49. The monoisotopic (exact) mass is 478 g/mol. The third-order valence-electron chi connectivity index (χ3n) is 5.81. The van der Waals surface area contributed by atoms with Crippen LogP contribution in [0.4, 0.5) is 14.5 Å². The van der Waals surface area contributed by atoms with Crippen molar-refractivity contribution >= 4 is 32.4 Å². The van der Waals surface area contributed by atoms with Gasteiger partial charge in [0.15, 0.2) is 0 Å². The second-order valence-electron chi connectivity index (χ2n) is 8.00. The van der Waals surface area contributed by atoms with Crippen molar-refractivity contribution < 1.29 is 17.2 Å². The fourth-order valence-corrected chi connectivity index (χ4v) is 5.26. The normalized spacial score (nSPS) is 16.5. The summed E-state index contributed by atoms with van der Waals surface area (Å²) in [5, 5.41) is 4.87. The van der Waals surface area contributed by atoms with Crippen molar-refractivity contribution in [2.24, 2.45) is 4.99 Å². The van der Waals surface area contributed by atoms with Crippen LogP contribution in [-0.4, -0.2) is 19.4 Å². The summed E-state index contributed by atoms with van der Waals surface area (Å²) < 4.78 is 57.6. The number of benzene rings is 3. The first kappa shape index (κ1) is 22.0. The number of aromatic nitrogens is 1. The fourth-order valence-electron chi connectivity index (χ4n) is 4.11. The molecule has 0 spiro atoms. The quantitative estimate of drug-likeness (QED) is 0.436. The van der Waals surface area contributed by atoms with Crippen molar-refractivity contribution in [3.63, 3.8) is 0 Å². The molecule has 2 N–H and O–H groups in total. The molecule has 1 aliphatic rings. The molecule has 9 heteroatoms. The molecular formula is C25H20F2N4O2S. The molecule has 0 aliphatic carbocycles. The third-order valence-corrected chi connectivity index (χ3v) is 7.19. The van der Waals surface area contributed by atoms with E-state index in [0.29, 0.717) is 5.69 Å². The topological polar surface area (TPSA) is 83.4 Å². The minimum Gasteiger partial charge on any atom is -0.324 e. The van der Waals surface area contributed by atoms with Crippen molar-refractivity contribution in [3.8, 4) is 0 Å². The molecule has 34 heavy (non-hydrogen) atoms. The Hall–Kier alpha value is -3.85. The molecule has 1 aliphatic heterocycles. The summed E-state index contributed by atoms with van der Waals surface area (Å²) in [6.07, 6.45) is 1.72. The first-order chi connectivity index (χ1) is 16.3. The lowest BCUT2D eigenvalue weighted by Gasteiger charge is -2.26. The average Bonchev–Trinajstić information content (AvgIpc) is 2.82. The maximum atomic E-state index is 15.0. The smallest absolute Gasteiger partial charge is 0.266 e. The van der Waals surface area contributed by atoms with E-state index in [4.69, 9.17) is 0 Å². The second kappa shape index (κ2) is 8.49. The van der Waals surface area contributed by atoms with Gasteiger partial charge in [-0.2, -0.15) is 0 Å². The minimum absolute atomic E-state index is 0.0414. The van der Waals surface area contributed by atoms with Crippen molar-refractivity contribution in [1.82, 2.24) is 9.71 Å².